The van der Waals surface area contributed by atoms with Crippen LogP contribution < -0.4 is 0 Å². The summed E-state index contributed by atoms with van der Waals surface area (Å²) in [7, 11) is 0. The third-order valence-corrected chi connectivity index (χ3v) is 15.8. The summed E-state index contributed by atoms with van der Waals surface area (Å²) < 4.78 is 17.0. The first kappa shape index (κ1) is 77.1. The highest BCUT2D eigenvalue weighted by Gasteiger charge is 2.19. The van der Waals surface area contributed by atoms with E-state index in [2.05, 4.69) is 81.5 Å². The number of allylic oxidation sites excluding steroid dienone is 10. The van der Waals surface area contributed by atoms with Gasteiger partial charge in [0, 0.05) is 19.3 Å². The van der Waals surface area contributed by atoms with E-state index in [4.69, 9.17) is 14.2 Å². The van der Waals surface area contributed by atoms with Crippen molar-refractivity contribution in [3.05, 3.63) is 60.8 Å². The second-order valence-electron chi connectivity index (χ2n) is 23.8. The van der Waals surface area contributed by atoms with Gasteiger partial charge in [0.05, 0.1) is 0 Å². The van der Waals surface area contributed by atoms with E-state index >= 15 is 0 Å². The lowest BCUT2D eigenvalue weighted by molar-refractivity contribution is -0.167. The first-order valence-electron chi connectivity index (χ1n) is 35.3. The average Bonchev–Trinajstić information content (AvgIpc) is 3.46. The number of esters is 3. The number of hydrogen-bond acceptors (Lipinski definition) is 6. The number of rotatable bonds is 65. The molecule has 0 aliphatic carbocycles. The Labute approximate surface area is 498 Å². The van der Waals surface area contributed by atoms with Gasteiger partial charge < -0.3 is 14.2 Å². The number of carbonyl (C=O) groups excluding carboxylic acids is 3. The summed E-state index contributed by atoms with van der Waals surface area (Å²) in [5.41, 5.74) is 0. The highest BCUT2D eigenvalue weighted by molar-refractivity contribution is 5.71. The molecule has 0 rings (SSSR count). The van der Waals surface area contributed by atoms with E-state index in [0.29, 0.717) is 19.3 Å². The summed E-state index contributed by atoms with van der Waals surface area (Å²) >= 11 is 0. The third kappa shape index (κ3) is 65.9. The summed E-state index contributed by atoms with van der Waals surface area (Å²) in [4.78, 5) is 38.3. The first-order chi connectivity index (χ1) is 39.5. The maximum Gasteiger partial charge on any atom is 0.306 e. The smallest absolute Gasteiger partial charge is 0.306 e. The molecule has 6 heteroatoms. The van der Waals surface area contributed by atoms with Crippen LogP contribution in [0.5, 0.6) is 0 Å². The van der Waals surface area contributed by atoms with Gasteiger partial charge >= 0.3 is 17.9 Å². The molecule has 0 aromatic carbocycles. The molecule has 6 nitrogen and oxygen atoms in total. The Morgan fingerprint density at radius 2 is 0.487 bits per heavy atom. The molecule has 0 spiro atoms. The largest absolute Gasteiger partial charge is 0.462 e. The van der Waals surface area contributed by atoms with Crippen LogP contribution in [0.2, 0.25) is 0 Å². The van der Waals surface area contributed by atoms with E-state index < -0.39 is 6.10 Å². The molecule has 0 aliphatic heterocycles. The van der Waals surface area contributed by atoms with Crippen LogP contribution in [0.25, 0.3) is 0 Å². The molecule has 0 aromatic rings. The number of ether oxygens (including phenoxy) is 3. The highest BCUT2D eigenvalue weighted by atomic mass is 16.6. The van der Waals surface area contributed by atoms with Gasteiger partial charge in [0.15, 0.2) is 6.10 Å². The highest BCUT2D eigenvalue weighted by Crippen LogP contribution is 2.18. The normalized spacial score (nSPS) is 12.4. The van der Waals surface area contributed by atoms with Crippen LogP contribution in [0.3, 0.4) is 0 Å². The molecule has 0 aromatic heterocycles. The predicted octanol–water partition coefficient (Wildman–Crippen LogP) is 24.3. The molecular formula is C74H134O6. The van der Waals surface area contributed by atoms with Gasteiger partial charge in [0.1, 0.15) is 13.2 Å². The standard InChI is InChI=1S/C74H134O6/c1-4-7-10-13-16-19-22-25-27-29-30-31-32-33-34-35-36-37-38-39-40-41-42-43-44-45-47-49-52-55-58-61-64-67-73(76)79-70-71(69-78-72(75)66-63-60-57-54-51-48-24-21-18-15-12-9-6-3)80-74(77)68-65-62-59-56-53-50-46-28-26-23-20-17-14-11-8-5-2/h7,10,16,19,21,24-25,27,30-31,71H,4-6,8-9,11-15,17-18,20,22-23,26,28-29,32-70H2,1-3H3/b10-7-,19-16-,24-21-,27-25-,31-30-. The van der Waals surface area contributed by atoms with Gasteiger partial charge in [-0.3, -0.25) is 14.4 Å². The Kier molecular flexibility index (Phi) is 66.1. The van der Waals surface area contributed by atoms with Crippen molar-refractivity contribution in [2.24, 2.45) is 0 Å². The van der Waals surface area contributed by atoms with Gasteiger partial charge in [-0.2, -0.15) is 0 Å². The van der Waals surface area contributed by atoms with Crippen molar-refractivity contribution in [3.63, 3.8) is 0 Å². The molecule has 0 saturated heterocycles. The first-order valence-corrected chi connectivity index (χ1v) is 35.3. The van der Waals surface area contributed by atoms with Crippen LogP contribution in [0.4, 0.5) is 0 Å². The van der Waals surface area contributed by atoms with Crippen LogP contribution in [-0.4, -0.2) is 37.2 Å². The van der Waals surface area contributed by atoms with E-state index in [1.54, 1.807) is 0 Å². The van der Waals surface area contributed by atoms with Gasteiger partial charge in [-0.25, -0.2) is 0 Å². The second kappa shape index (κ2) is 68.6. The minimum absolute atomic E-state index is 0.0701. The van der Waals surface area contributed by atoms with Gasteiger partial charge in [0.2, 0.25) is 0 Å². The Morgan fingerprint density at radius 3 is 0.787 bits per heavy atom. The molecule has 1 atom stereocenters. The van der Waals surface area contributed by atoms with Crippen molar-refractivity contribution in [1.29, 1.82) is 0 Å². The molecule has 0 heterocycles. The lowest BCUT2D eigenvalue weighted by Crippen LogP contribution is -2.30. The van der Waals surface area contributed by atoms with E-state index in [1.807, 2.05) is 0 Å². The maximum atomic E-state index is 12.9. The van der Waals surface area contributed by atoms with Crippen molar-refractivity contribution >= 4 is 17.9 Å². The number of unbranched alkanes of at least 4 members (excludes halogenated alkanes) is 44. The fourth-order valence-electron chi connectivity index (χ4n) is 10.5. The fraction of sp³-hybridized carbons (Fsp3) is 0.824. The van der Waals surface area contributed by atoms with Crippen molar-refractivity contribution in [3.8, 4) is 0 Å². The van der Waals surface area contributed by atoms with Crippen molar-refractivity contribution in [2.75, 3.05) is 13.2 Å². The molecule has 0 N–H and O–H groups in total. The van der Waals surface area contributed by atoms with Crippen molar-refractivity contribution in [1.82, 2.24) is 0 Å². The van der Waals surface area contributed by atoms with E-state index in [-0.39, 0.29) is 31.1 Å². The summed E-state index contributed by atoms with van der Waals surface area (Å²) in [5, 5.41) is 0. The predicted molar refractivity (Wildman–Crippen MR) is 348 cm³/mol. The Hall–Kier alpha value is -2.89. The van der Waals surface area contributed by atoms with Crippen LogP contribution in [0, 0.1) is 0 Å². The monoisotopic (exact) mass is 1120 g/mol. The van der Waals surface area contributed by atoms with E-state index in [0.717, 1.165) is 89.9 Å². The van der Waals surface area contributed by atoms with E-state index in [1.165, 1.54) is 244 Å². The minimum atomic E-state index is -0.773. The molecule has 80 heavy (non-hydrogen) atoms. The molecule has 0 fully saturated rings. The Balaban J connectivity index is 4.11. The fourth-order valence-corrected chi connectivity index (χ4v) is 10.5. The molecule has 0 aliphatic rings. The molecule has 0 amide bonds. The average molecular weight is 1120 g/mol. The van der Waals surface area contributed by atoms with Crippen molar-refractivity contribution < 1.29 is 28.6 Å². The number of carbonyl (C=O) groups is 3. The van der Waals surface area contributed by atoms with Crippen LogP contribution in [0.15, 0.2) is 60.8 Å². The topological polar surface area (TPSA) is 78.9 Å². The summed E-state index contributed by atoms with van der Waals surface area (Å²) in [6.45, 7) is 6.57. The third-order valence-electron chi connectivity index (χ3n) is 15.8. The SMILES string of the molecule is CC/C=C\C/C=C\C/C=C\C/C=C\CCCCCCCCCCCCCCCCCCCCCCC(=O)OCC(COC(=O)CCCCCCC/C=C\CCCCCC)OC(=O)CCCCCCCCCCCCCCCCCC. The number of hydrogen-bond donors (Lipinski definition) is 0. The van der Waals surface area contributed by atoms with Crippen LogP contribution in [0.1, 0.15) is 374 Å². The zero-order valence-electron chi connectivity index (χ0n) is 53.6. The zero-order valence-corrected chi connectivity index (χ0v) is 53.6. The van der Waals surface area contributed by atoms with Crippen molar-refractivity contribution in [2.45, 2.75) is 380 Å². The van der Waals surface area contributed by atoms with Gasteiger partial charge in [-0.05, 0) is 83.5 Å². The van der Waals surface area contributed by atoms with Crippen LogP contribution in [-0.2, 0) is 28.6 Å². The van der Waals surface area contributed by atoms with Gasteiger partial charge in [-0.15, -0.1) is 0 Å². The summed E-state index contributed by atoms with van der Waals surface area (Å²) in [6, 6.07) is 0. The molecule has 466 valence electrons. The Morgan fingerprint density at radius 1 is 0.263 bits per heavy atom. The summed E-state index contributed by atoms with van der Waals surface area (Å²) in [5.74, 6) is -0.853. The Bertz CT molecular complexity index is 1430. The van der Waals surface area contributed by atoms with Crippen LogP contribution >= 0.6 is 0 Å². The lowest BCUT2D eigenvalue weighted by Gasteiger charge is -2.18. The zero-order chi connectivity index (χ0) is 57.8. The molecular weight excluding hydrogens is 985 g/mol. The van der Waals surface area contributed by atoms with E-state index in [9.17, 15) is 14.4 Å². The second-order valence-corrected chi connectivity index (χ2v) is 23.8. The maximum absolute atomic E-state index is 12.9. The molecule has 0 radical (unpaired) electrons. The minimum Gasteiger partial charge on any atom is -0.462 e. The lowest BCUT2D eigenvalue weighted by atomic mass is 10.0. The molecule has 1 unspecified atom stereocenters. The molecule has 0 bridgehead atoms. The van der Waals surface area contributed by atoms with Gasteiger partial charge in [-0.1, -0.05) is 332 Å². The van der Waals surface area contributed by atoms with Gasteiger partial charge in [0.25, 0.3) is 0 Å². The molecule has 0 saturated carbocycles. The summed E-state index contributed by atoms with van der Waals surface area (Å²) in [6.07, 6.45) is 88.3. The quantitative estimate of drug-likeness (QED) is 0.0261.